The third-order valence-electron chi connectivity index (χ3n) is 8.42. The molecule has 0 amide bonds. The largest absolute Gasteiger partial charge is 0.502 e. The topological polar surface area (TPSA) is 86.7 Å². The van der Waals surface area contributed by atoms with Gasteiger partial charge in [-0.3, -0.25) is 4.79 Å². The molecule has 206 valence electrons. The molecule has 38 heavy (non-hydrogen) atoms. The van der Waals surface area contributed by atoms with Crippen LogP contribution in [0.5, 0.6) is 28.7 Å². The minimum absolute atomic E-state index is 0.0275. The first kappa shape index (κ1) is 26.5. The maximum Gasteiger partial charge on any atom is 0.310 e. The zero-order chi connectivity index (χ0) is 26.8. The molecular weight excluding hydrogens is 486 g/mol. The number of nitrogens with zero attached hydrogens (tertiary/aromatic N) is 1. The van der Waals surface area contributed by atoms with Gasteiger partial charge in [-0.2, -0.15) is 0 Å². The van der Waals surface area contributed by atoms with E-state index in [1.807, 2.05) is 6.07 Å². The summed E-state index contributed by atoms with van der Waals surface area (Å²) in [5.41, 5.74) is 3.03. The lowest BCUT2D eigenvalue weighted by molar-refractivity contribution is -0.141. The van der Waals surface area contributed by atoms with Crippen LogP contribution in [0.15, 0.2) is 24.3 Å². The lowest BCUT2D eigenvalue weighted by Gasteiger charge is -2.40. The quantitative estimate of drug-likeness (QED) is 0.322. The van der Waals surface area contributed by atoms with Crippen LogP contribution < -0.4 is 18.9 Å². The number of benzene rings is 2. The molecule has 5 rings (SSSR count). The molecular formula is C30H39NO7. The molecule has 0 bridgehead atoms. The molecule has 1 saturated heterocycles. The third-order valence-corrected chi connectivity index (χ3v) is 8.42. The lowest BCUT2D eigenvalue weighted by atomic mass is 9.62. The molecule has 8 nitrogen and oxygen atoms in total. The minimum Gasteiger partial charge on any atom is -0.502 e. The fourth-order valence-electron chi connectivity index (χ4n) is 6.42. The summed E-state index contributed by atoms with van der Waals surface area (Å²) in [5, 5.41) is 10.5. The molecule has 0 aromatic heterocycles. The monoisotopic (exact) mass is 525 g/mol. The zero-order valence-corrected chi connectivity index (χ0v) is 22.8. The summed E-state index contributed by atoms with van der Waals surface area (Å²) in [4.78, 5) is 15.7. The van der Waals surface area contributed by atoms with Gasteiger partial charge in [0.15, 0.2) is 23.0 Å². The second-order valence-electron chi connectivity index (χ2n) is 10.7. The van der Waals surface area contributed by atoms with Crippen LogP contribution in [0.1, 0.15) is 67.6 Å². The molecule has 2 aromatic rings. The number of carbonyl (C=O) groups is 1. The van der Waals surface area contributed by atoms with E-state index in [9.17, 15) is 9.90 Å². The van der Waals surface area contributed by atoms with E-state index in [0.29, 0.717) is 23.9 Å². The summed E-state index contributed by atoms with van der Waals surface area (Å²) in [5.74, 6) is 1.29. The van der Waals surface area contributed by atoms with E-state index in [1.165, 1.54) is 45.5 Å². The van der Waals surface area contributed by atoms with Gasteiger partial charge in [-0.1, -0.05) is 26.2 Å². The summed E-state index contributed by atoms with van der Waals surface area (Å²) >= 11 is 0. The summed E-state index contributed by atoms with van der Waals surface area (Å²) in [6, 6.07) is 7.72. The van der Waals surface area contributed by atoms with Crippen LogP contribution in [0, 0.1) is 11.8 Å². The van der Waals surface area contributed by atoms with Crippen molar-refractivity contribution in [3.8, 4) is 28.7 Å². The van der Waals surface area contributed by atoms with E-state index >= 15 is 0 Å². The van der Waals surface area contributed by atoms with Gasteiger partial charge in [-0.25, -0.2) is 0 Å². The van der Waals surface area contributed by atoms with Crippen molar-refractivity contribution in [3.05, 3.63) is 41.0 Å². The molecule has 1 N–H and O–H groups in total. The summed E-state index contributed by atoms with van der Waals surface area (Å²) in [6.07, 6.45) is 5.88. The second-order valence-corrected chi connectivity index (χ2v) is 10.7. The van der Waals surface area contributed by atoms with Gasteiger partial charge in [0, 0.05) is 11.8 Å². The van der Waals surface area contributed by atoms with Gasteiger partial charge < -0.3 is 33.7 Å². The van der Waals surface area contributed by atoms with Crippen LogP contribution in [-0.2, 0) is 9.53 Å². The average molecular weight is 526 g/mol. The fraction of sp³-hybridized carbons (Fsp3) is 0.567. The first-order chi connectivity index (χ1) is 18.5. The highest BCUT2D eigenvalue weighted by Gasteiger charge is 2.52. The number of carbonyl (C=O) groups excluding carboxylic acids is 1. The maximum atomic E-state index is 13.3. The number of cyclic esters (lactones) is 1. The average Bonchev–Trinajstić information content (AvgIpc) is 3.54. The Bertz CT molecular complexity index is 1140. The number of methoxy groups -OCH3 is 2. The molecule has 2 aromatic carbocycles. The molecule has 4 atom stereocenters. The van der Waals surface area contributed by atoms with E-state index in [4.69, 9.17) is 23.7 Å². The van der Waals surface area contributed by atoms with E-state index in [0.717, 1.165) is 36.4 Å². The van der Waals surface area contributed by atoms with Crippen LogP contribution in [0.4, 0.5) is 0 Å². The number of fused-ring (bicyclic) bond motifs is 3. The molecule has 1 fully saturated rings. The Kier molecular flexibility index (Phi) is 7.88. The second kappa shape index (κ2) is 11.3. The predicted molar refractivity (Wildman–Crippen MR) is 143 cm³/mol. The Balaban J connectivity index is 1.54. The van der Waals surface area contributed by atoms with Gasteiger partial charge in [0.1, 0.15) is 0 Å². The molecule has 0 spiro atoms. The third kappa shape index (κ3) is 4.86. The van der Waals surface area contributed by atoms with Gasteiger partial charge in [0.25, 0.3) is 0 Å². The SMILES string of the molecule is CCCCCCN(C)CC[C@@H]1c2cc3c(cc2[C@@H](c2cc(OC)c(O)c(OC)c2)[C@H]2C(=O)OCC12)OCO3. The first-order valence-electron chi connectivity index (χ1n) is 13.7. The number of aromatic hydroxyl groups is 1. The molecule has 0 saturated carbocycles. The number of hydrogen-bond donors (Lipinski definition) is 1. The minimum atomic E-state index is -0.360. The Hall–Kier alpha value is -3.13. The molecule has 3 aliphatic rings. The van der Waals surface area contributed by atoms with E-state index < -0.39 is 0 Å². The van der Waals surface area contributed by atoms with Gasteiger partial charge in [0.2, 0.25) is 12.5 Å². The van der Waals surface area contributed by atoms with Gasteiger partial charge in [0.05, 0.1) is 26.7 Å². The number of esters is 1. The van der Waals surface area contributed by atoms with Gasteiger partial charge in [-0.05, 0) is 79.9 Å². The molecule has 2 heterocycles. The highest BCUT2D eigenvalue weighted by atomic mass is 16.7. The first-order valence-corrected chi connectivity index (χ1v) is 13.7. The number of rotatable bonds is 11. The van der Waals surface area contributed by atoms with Crippen molar-refractivity contribution in [1.82, 2.24) is 4.90 Å². The van der Waals surface area contributed by atoms with Crippen molar-refractivity contribution in [1.29, 1.82) is 0 Å². The predicted octanol–water partition coefficient (Wildman–Crippen LogP) is 5.06. The zero-order valence-electron chi connectivity index (χ0n) is 22.8. The van der Waals surface area contributed by atoms with E-state index in [2.05, 4.69) is 24.9 Å². The molecule has 1 unspecified atom stereocenters. The number of unbranched alkanes of at least 4 members (excludes halogenated alkanes) is 3. The van der Waals surface area contributed by atoms with Crippen molar-refractivity contribution in [2.75, 3.05) is 47.8 Å². The normalized spacial score (nSPS) is 23.2. The Labute approximate surface area is 224 Å². The maximum absolute atomic E-state index is 13.3. The number of phenols is 1. The van der Waals surface area contributed by atoms with Gasteiger partial charge in [-0.15, -0.1) is 0 Å². The van der Waals surface area contributed by atoms with Crippen molar-refractivity contribution < 1.29 is 33.6 Å². The summed E-state index contributed by atoms with van der Waals surface area (Å²) in [6.45, 7) is 4.82. The number of hydrogen-bond acceptors (Lipinski definition) is 8. The Morgan fingerprint density at radius 1 is 0.947 bits per heavy atom. The van der Waals surface area contributed by atoms with E-state index in [-0.39, 0.29) is 42.2 Å². The van der Waals surface area contributed by atoms with E-state index in [1.54, 1.807) is 12.1 Å². The highest BCUT2D eigenvalue weighted by Crippen LogP contribution is 2.56. The van der Waals surface area contributed by atoms with Crippen molar-refractivity contribution >= 4 is 5.97 Å². The summed E-state index contributed by atoms with van der Waals surface area (Å²) < 4.78 is 28.2. The molecule has 2 aliphatic heterocycles. The number of phenolic OH excluding ortho intramolecular Hbond substituents is 1. The lowest BCUT2D eigenvalue weighted by Crippen LogP contribution is -2.36. The van der Waals surface area contributed by atoms with Crippen LogP contribution in [0.25, 0.3) is 0 Å². The highest BCUT2D eigenvalue weighted by molar-refractivity contribution is 5.79. The van der Waals surface area contributed by atoms with Gasteiger partial charge >= 0.3 is 5.97 Å². The Morgan fingerprint density at radius 3 is 2.29 bits per heavy atom. The van der Waals surface area contributed by atoms with Crippen molar-refractivity contribution in [3.63, 3.8) is 0 Å². The summed E-state index contributed by atoms with van der Waals surface area (Å²) in [7, 11) is 5.19. The smallest absolute Gasteiger partial charge is 0.310 e. The Morgan fingerprint density at radius 2 is 1.63 bits per heavy atom. The number of ether oxygens (including phenoxy) is 5. The van der Waals surface area contributed by atoms with Crippen LogP contribution in [-0.4, -0.2) is 63.7 Å². The molecule has 8 heteroatoms. The van der Waals surface area contributed by atoms with Crippen LogP contribution in [0.3, 0.4) is 0 Å². The molecule has 0 radical (unpaired) electrons. The standard InChI is InChI=1S/C30H39NO7/c1-5-6-7-8-10-31(2)11-9-19-20-14-23-24(38-17-37-23)15-21(20)27(28-22(19)16-36-30(28)33)18-12-25(34-3)29(32)26(13-18)35-4/h12-15,19,22,27-28,32H,5-11,16-17H2,1-4H3/t19-,22?,27-,28+/m1/s1. The fourth-order valence-corrected chi connectivity index (χ4v) is 6.42. The van der Waals surface area contributed by atoms with Crippen molar-refractivity contribution in [2.45, 2.75) is 50.9 Å². The van der Waals surface area contributed by atoms with Crippen molar-refractivity contribution in [2.24, 2.45) is 11.8 Å². The van der Waals surface area contributed by atoms with Crippen LogP contribution >= 0.6 is 0 Å². The van der Waals surface area contributed by atoms with Crippen LogP contribution in [0.2, 0.25) is 0 Å². The molecule has 1 aliphatic carbocycles.